The first-order valence-electron chi connectivity index (χ1n) is 9.97. The van der Waals surface area contributed by atoms with Gasteiger partial charge in [-0.05, 0) is 61.0 Å². The second-order valence-electron chi connectivity index (χ2n) is 7.23. The molecule has 1 atom stereocenters. The van der Waals surface area contributed by atoms with E-state index in [9.17, 15) is 14.4 Å². The minimum atomic E-state index is -0.518. The van der Waals surface area contributed by atoms with Crippen molar-refractivity contribution in [1.82, 2.24) is 5.32 Å². The summed E-state index contributed by atoms with van der Waals surface area (Å²) in [5, 5.41) is 2.90. The summed E-state index contributed by atoms with van der Waals surface area (Å²) in [7, 11) is 1.32. The molecular weight excluding hydrogens is 408 g/mol. The predicted molar refractivity (Wildman–Crippen MR) is 119 cm³/mol. The van der Waals surface area contributed by atoms with Crippen LogP contribution in [0.2, 0.25) is 0 Å². The van der Waals surface area contributed by atoms with E-state index in [1.807, 2.05) is 31.2 Å². The summed E-state index contributed by atoms with van der Waals surface area (Å²) in [6.07, 6.45) is 0.0216. The largest absolute Gasteiger partial charge is 0.469 e. The Morgan fingerprint density at radius 2 is 1.38 bits per heavy atom. The highest BCUT2D eigenvalue weighted by Gasteiger charge is 2.20. The topological polar surface area (TPSA) is 108 Å². The van der Waals surface area contributed by atoms with Crippen LogP contribution < -0.4 is 15.8 Å². The molecule has 0 aliphatic rings. The van der Waals surface area contributed by atoms with Crippen LogP contribution in [0.4, 0.5) is 0 Å². The Hall–Kier alpha value is -4.13. The van der Waals surface area contributed by atoms with Crippen molar-refractivity contribution in [3.05, 3.63) is 95.1 Å². The highest BCUT2D eigenvalue weighted by molar-refractivity contribution is 5.95. The normalized spacial score (nSPS) is 11.3. The number of methoxy groups -OCH3 is 1. The van der Waals surface area contributed by atoms with Crippen LogP contribution >= 0.6 is 0 Å². The molecule has 0 radical (unpaired) electrons. The van der Waals surface area contributed by atoms with E-state index in [0.29, 0.717) is 22.6 Å². The minimum Gasteiger partial charge on any atom is -0.469 e. The zero-order chi connectivity index (χ0) is 23.1. The van der Waals surface area contributed by atoms with Crippen molar-refractivity contribution < 1.29 is 23.9 Å². The summed E-state index contributed by atoms with van der Waals surface area (Å²) < 4.78 is 10.5. The van der Waals surface area contributed by atoms with E-state index in [-0.39, 0.29) is 12.3 Å². The zero-order valence-electron chi connectivity index (χ0n) is 17.8. The SMILES string of the molecule is COC(=O)CC(NC(=O)c1ccc(Oc2ccc(C(N)=O)cc2)cc1)c1ccc(C)cc1. The zero-order valence-corrected chi connectivity index (χ0v) is 17.8. The average Bonchev–Trinajstić information content (AvgIpc) is 2.79. The Morgan fingerprint density at radius 1 is 0.844 bits per heavy atom. The molecule has 164 valence electrons. The Balaban J connectivity index is 1.69. The van der Waals surface area contributed by atoms with Crippen molar-refractivity contribution in [2.75, 3.05) is 7.11 Å². The van der Waals surface area contributed by atoms with Gasteiger partial charge in [0.15, 0.2) is 0 Å². The fraction of sp³-hybridized carbons (Fsp3) is 0.160. The van der Waals surface area contributed by atoms with Gasteiger partial charge in [-0.1, -0.05) is 29.8 Å². The molecule has 32 heavy (non-hydrogen) atoms. The van der Waals surface area contributed by atoms with Crippen molar-refractivity contribution in [3.63, 3.8) is 0 Å². The number of carbonyl (C=O) groups excluding carboxylic acids is 3. The maximum Gasteiger partial charge on any atom is 0.307 e. The molecule has 0 aliphatic heterocycles. The first kappa shape index (κ1) is 22.6. The Labute approximate surface area is 186 Å². The first-order valence-corrected chi connectivity index (χ1v) is 9.97. The van der Waals surface area contributed by atoms with Gasteiger partial charge in [0.2, 0.25) is 5.91 Å². The number of nitrogens with two attached hydrogens (primary N) is 1. The maximum atomic E-state index is 12.8. The third kappa shape index (κ3) is 5.95. The molecule has 0 spiro atoms. The number of carbonyl (C=O) groups is 3. The number of hydrogen-bond donors (Lipinski definition) is 2. The summed E-state index contributed by atoms with van der Waals surface area (Å²) >= 11 is 0. The highest BCUT2D eigenvalue weighted by atomic mass is 16.5. The number of nitrogens with one attached hydrogen (secondary N) is 1. The number of rotatable bonds is 8. The van der Waals surface area contributed by atoms with E-state index in [2.05, 4.69) is 5.32 Å². The first-order chi connectivity index (χ1) is 15.4. The molecule has 3 rings (SSSR count). The van der Waals surface area contributed by atoms with Gasteiger partial charge in [-0.3, -0.25) is 14.4 Å². The van der Waals surface area contributed by atoms with Crippen molar-refractivity contribution >= 4 is 17.8 Å². The Morgan fingerprint density at radius 3 is 1.88 bits per heavy atom. The average molecular weight is 432 g/mol. The second kappa shape index (κ2) is 10.3. The molecular formula is C25H24N2O5. The number of aryl methyl sites for hydroxylation is 1. The lowest BCUT2D eigenvalue weighted by Crippen LogP contribution is -2.30. The van der Waals surface area contributed by atoms with Crippen molar-refractivity contribution in [2.45, 2.75) is 19.4 Å². The molecule has 2 amide bonds. The van der Waals surface area contributed by atoms with Crippen LogP contribution in [0.1, 0.15) is 44.3 Å². The lowest BCUT2D eigenvalue weighted by atomic mass is 10.0. The van der Waals surface area contributed by atoms with Gasteiger partial charge < -0.3 is 20.5 Å². The quantitative estimate of drug-likeness (QED) is 0.525. The molecule has 0 aliphatic carbocycles. The summed E-state index contributed by atoms with van der Waals surface area (Å²) in [4.78, 5) is 35.8. The van der Waals surface area contributed by atoms with Crippen molar-refractivity contribution in [3.8, 4) is 11.5 Å². The summed E-state index contributed by atoms with van der Waals surface area (Å²) in [5.74, 6) is -0.190. The lowest BCUT2D eigenvalue weighted by Gasteiger charge is -2.18. The number of ether oxygens (including phenoxy) is 2. The van der Waals surface area contributed by atoms with Crippen molar-refractivity contribution in [2.24, 2.45) is 5.73 Å². The number of benzene rings is 3. The second-order valence-corrected chi connectivity index (χ2v) is 7.23. The van der Waals surface area contributed by atoms with Crippen molar-refractivity contribution in [1.29, 1.82) is 0 Å². The molecule has 0 aromatic heterocycles. The molecule has 0 heterocycles. The third-order valence-corrected chi connectivity index (χ3v) is 4.87. The van der Waals surface area contributed by atoms with E-state index < -0.39 is 17.9 Å². The molecule has 0 fully saturated rings. The molecule has 7 heteroatoms. The van der Waals surface area contributed by atoms with Crippen LogP contribution in [0, 0.1) is 6.92 Å². The van der Waals surface area contributed by atoms with Crippen LogP contribution in [0.3, 0.4) is 0 Å². The molecule has 3 aromatic carbocycles. The highest BCUT2D eigenvalue weighted by Crippen LogP contribution is 2.23. The van der Waals surface area contributed by atoms with Gasteiger partial charge in [0.1, 0.15) is 11.5 Å². The summed E-state index contributed by atoms with van der Waals surface area (Å²) in [6, 6.07) is 20.1. The summed E-state index contributed by atoms with van der Waals surface area (Å²) in [5.41, 5.74) is 7.93. The van der Waals surface area contributed by atoms with Crippen LogP contribution in [0.25, 0.3) is 0 Å². The molecule has 0 saturated carbocycles. The van der Waals surface area contributed by atoms with E-state index in [1.165, 1.54) is 7.11 Å². The van der Waals surface area contributed by atoms with E-state index in [1.54, 1.807) is 48.5 Å². The molecule has 0 bridgehead atoms. The van der Waals surface area contributed by atoms with Gasteiger partial charge in [0, 0.05) is 11.1 Å². The number of esters is 1. The van der Waals surface area contributed by atoms with Crippen LogP contribution in [0.15, 0.2) is 72.8 Å². The molecule has 0 saturated heterocycles. The van der Waals surface area contributed by atoms with Gasteiger partial charge in [-0.2, -0.15) is 0 Å². The lowest BCUT2D eigenvalue weighted by molar-refractivity contribution is -0.141. The van der Waals surface area contributed by atoms with Gasteiger partial charge in [-0.25, -0.2) is 0 Å². The van der Waals surface area contributed by atoms with E-state index in [4.69, 9.17) is 15.2 Å². The molecule has 3 N–H and O–H groups in total. The maximum absolute atomic E-state index is 12.8. The third-order valence-electron chi connectivity index (χ3n) is 4.87. The smallest absolute Gasteiger partial charge is 0.307 e. The summed E-state index contributed by atoms with van der Waals surface area (Å²) in [6.45, 7) is 1.97. The van der Waals surface area contributed by atoms with E-state index >= 15 is 0 Å². The molecule has 1 unspecified atom stereocenters. The Bertz CT molecular complexity index is 1090. The molecule has 3 aromatic rings. The van der Waals surface area contributed by atoms with Crippen LogP contribution in [0.5, 0.6) is 11.5 Å². The molecule has 7 nitrogen and oxygen atoms in total. The monoisotopic (exact) mass is 432 g/mol. The fourth-order valence-corrected chi connectivity index (χ4v) is 3.04. The number of hydrogen-bond acceptors (Lipinski definition) is 5. The van der Waals surface area contributed by atoms with Crippen LogP contribution in [-0.4, -0.2) is 24.9 Å². The Kier molecular flexibility index (Phi) is 7.23. The van der Waals surface area contributed by atoms with Gasteiger partial charge in [0.05, 0.1) is 19.6 Å². The standard InChI is InChI=1S/C25H24N2O5/c1-16-3-5-17(6-4-16)22(15-23(28)31-2)27-25(30)19-9-13-21(14-10-19)32-20-11-7-18(8-12-20)24(26)29/h3-14,22H,15H2,1-2H3,(H2,26,29)(H,27,30). The van der Waals surface area contributed by atoms with E-state index in [0.717, 1.165) is 11.1 Å². The predicted octanol–water partition coefficient (Wildman–Crippen LogP) is 3.92. The van der Waals surface area contributed by atoms with Gasteiger partial charge in [-0.15, -0.1) is 0 Å². The fourth-order valence-electron chi connectivity index (χ4n) is 3.04. The number of primary amides is 1. The van der Waals surface area contributed by atoms with Gasteiger partial charge in [0.25, 0.3) is 5.91 Å². The minimum absolute atomic E-state index is 0.0216. The number of amides is 2. The van der Waals surface area contributed by atoms with Gasteiger partial charge >= 0.3 is 5.97 Å². The van der Waals surface area contributed by atoms with Crippen LogP contribution in [-0.2, 0) is 9.53 Å².